The number of aliphatic imine (C=N–C) groups is 1. The molecule has 1 aliphatic carbocycles. The van der Waals surface area contributed by atoms with E-state index in [1.165, 1.54) is 0 Å². The van der Waals surface area contributed by atoms with Crippen LogP contribution in [0.2, 0.25) is 0 Å². The van der Waals surface area contributed by atoms with Crippen LogP contribution in [0.1, 0.15) is 99.0 Å². The summed E-state index contributed by atoms with van der Waals surface area (Å²) in [4.78, 5) is 5.51. The van der Waals surface area contributed by atoms with Gasteiger partial charge in [-0.25, -0.2) is 13.8 Å². The third kappa shape index (κ3) is 10.5. The molecule has 73 heavy (non-hydrogen) atoms. The first-order chi connectivity index (χ1) is 34.5. The van der Waals surface area contributed by atoms with Gasteiger partial charge in [-0.1, -0.05) is 162 Å². The Kier molecular flexibility index (Phi) is 13.3. The second-order valence-corrected chi connectivity index (χ2v) is 20.4. The molecule has 6 aromatic carbocycles. The van der Waals surface area contributed by atoms with Gasteiger partial charge < -0.3 is 13.8 Å². The van der Waals surface area contributed by atoms with Crippen LogP contribution < -0.4 is 9.31 Å². The molecule has 2 aliphatic rings. The topological polar surface area (TPSA) is 35.8 Å². The Balaban J connectivity index is 1.43. The Morgan fingerprint density at radius 3 is 1.59 bits per heavy atom. The maximum Gasteiger partial charge on any atom is 0.743 e. The van der Waals surface area contributed by atoms with Gasteiger partial charge in [0.05, 0.1) is 28.2 Å². The van der Waals surface area contributed by atoms with E-state index in [1.807, 2.05) is 122 Å². The Morgan fingerprint density at radius 1 is 0.589 bits per heavy atom. The van der Waals surface area contributed by atoms with Crippen LogP contribution in [0.3, 0.4) is 0 Å². The maximum atomic E-state index is 15.6. The second-order valence-electron chi connectivity index (χ2n) is 20.4. The molecule has 1 aromatic heterocycles. The normalized spacial score (nSPS) is 14.8. The number of allylic oxidation sites excluding steroid dienone is 3. The molecule has 7 aromatic rings. The molecule has 4 nitrogen and oxygen atoms in total. The standard InChI is InChI=1S/C60H51BF8N2O2/c1-36-17-19-40(20-18-36)54-45-15-11-12-16-46(45)55(70-54)53(39-13-9-8-10-14-39)56-47(37-21-25-41(26-22-37)57(2,3)4)35-52(38-23-27-42(28-24-38)58(5,6)7)71(56)61(72-43-29-31-48(50(62)33-43)59(64,65)66)73-44-30-32-49(51(63)34-44)60(67,68)69/h8-10,12-14,16-35H,11,15H2,1-7H3/b55-53-. The highest BCUT2D eigenvalue weighted by molar-refractivity contribution is 6.46. The molecule has 0 saturated heterocycles. The predicted octanol–water partition coefficient (Wildman–Crippen LogP) is 16.9. The van der Waals surface area contributed by atoms with Crippen molar-refractivity contribution in [1.82, 2.24) is 4.48 Å². The highest BCUT2D eigenvalue weighted by Gasteiger charge is 2.41. The molecule has 0 bridgehead atoms. The van der Waals surface area contributed by atoms with Crippen LogP contribution >= 0.6 is 0 Å². The zero-order valence-corrected chi connectivity index (χ0v) is 41.2. The van der Waals surface area contributed by atoms with E-state index in [2.05, 4.69) is 47.6 Å². The first-order valence-corrected chi connectivity index (χ1v) is 23.9. The molecule has 0 spiro atoms. The monoisotopic (exact) mass is 994 g/mol. The number of alkyl halides is 6. The molecule has 0 radical (unpaired) electrons. The lowest BCUT2D eigenvalue weighted by Crippen LogP contribution is -2.40. The van der Waals surface area contributed by atoms with Crippen molar-refractivity contribution in [3.05, 3.63) is 231 Å². The lowest BCUT2D eigenvalue weighted by atomic mass is 9.85. The third-order valence-corrected chi connectivity index (χ3v) is 13.1. The number of aromatic nitrogens is 1. The van der Waals surface area contributed by atoms with Crippen molar-refractivity contribution in [1.29, 1.82) is 0 Å². The minimum atomic E-state index is -5.05. The summed E-state index contributed by atoms with van der Waals surface area (Å²) in [6.07, 6.45) is -4.55. The average molecular weight is 995 g/mol. The first-order valence-electron chi connectivity index (χ1n) is 23.9. The van der Waals surface area contributed by atoms with Gasteiger partial charge in [-0.15, -0.1) is 0 Å². The van der Waals surface area contributed by atoms with Gasteiger partial charge in [0.15, 0.2) is 0 Å². The van der Waals surface area contributed by atoms with E-state index in [0.717, 1.165) is 63.2 Å². The summed E-state index contributed by atoms with van der Waals surface area (Å²) in [6, 6.07) is 39.3. The maximum absolute atomic E-state index is 15.6. The van der Waals surface area contributed by atoms with E-state index < -0.39 is 53.9 Å². The first kappa shape index (κ1) is 50.5. The number of hydrogen-bond acceptors (Lipinski definition) is 3. The molecule has 0 saturated carbocycles. The molecule has 9 rings (SSSR count). The minimum Gasteiger partial charge on any atom is -0.506 e. The largest absolute Gasteiger partial charge is 0.743 e. The summed E-state index contributed by atoms with van der Waals surface area (Å²) in [5, 5.41) is 0. The fraction of sp³-hybridized carbons (Fsp3) is 0.217. The van der Waals surface area contributed by atoms with Gasteiger partial charge in [0.25, 0.3) is 0 Å². The van der Waals surface area contributed by atoms with Crippen molar-refractivity contribution in [3.8, 4) is 33.9 Å². The third-order valence-electron chi connectivity index (χ3n) is 13.1. The summed E-state index contributed by atoms with van der Waals surface area (Å²) in [5.41, 5.74) is 7.57. The van der Waals surface area contributed by atoms with E-state index in [9.17, 15) is 26.3 Å². The van der Waals surface area contributed by atoms with Gasteiger partial charge in [0.2, 0.25) is 0 Å². The van der Waals surface area contributed by atoms with Crippen LogP contribution in [0.5, 0.6) is 11.5 Å². The van der Waals surface area contributed by atoms with Crippen LogP contribution in [0.25, 0.3) is 28.0 Å². The van der Waals surface area contributed by atoms with Crippen molar-refractivity contribution >= 4 is 18.5 Å². The van der Waals surface area contributed by atoms with Crippen LogP contribution in [0.4, 0.5) is 35.1 Å². The summed E-state index contributed by atoms with van der Waals surface area (Å²) in [5.74, 6) is -4.15. The van der Waals surface area contributed by atoms with Crippen molar-refractivity contribution in [2.24, 2.45) is 4.99 Å². The SMILES string of the molecule is Cc1ccc(C2=N/C(=C(/c3ccccc3)c3c(-c4ccc(C(C)(C)C)cc4)cc(-c4ccc(C(C)(C)C)cc4)n3B(Oc3ccc(C(F)(F)F)c(F)c3)Oc3ccc(C(F)(F)F)c(F)c3)C3=C2CCC=C3)cc1. The quantitative estimate of drug-likeness (QED) is 0.101. The molecule has 2 heterocycles. The van der Waals surface area contributed by atoms with Gasteiger partial charge in [0, 0.05) is 40.1 Å². The van der Waals surface area contributed by atoms with E-state index in [-0.39, 0.29) is 10.8 Å². The van der Waals surface area contributed by atoms with E-state index in [4.69, 9.17) is 14.3 Å². The Morgan fingerprint density at radius 2 is 1.10 bits per heavy atom. The molecular weight excluding hydrogens is 943 g/mol. The van der Waals surface area contributed by atoms with Gasteiger partial charge in [0.1, 0.15) is 23.1 Å². The van der Waals surface area contributed by atoms with Crippen molar-refractivity contribution in [3.63, 3.8) is 0 Å². The molecule has 0 fully saturated rings. The van der Waals surface area contributed by atoms with Crippen molar-refractivity contribution in [2.45, 2.75) is 84.5 Å². The minimum absolute atomic E-state index is 0.230. The Hall–Kier alpha value is -7.41. The van der Waals surface area contributed by atoms with E-state index in [1.54, 1.807) is 4.48 Å². The smallest absolute Gasteiger partial charge is 0.506 e. The summed E-state index contributed by atoms with van der Waals surface area (Å²) < 4.78 is 130. The number of benzene rings is 6. The number of halogens is 8. The summed E-state index contributed by atoms with van der Waals surface area (Å²) >= 11 is 0. The lowest BCUT2D eigenvalue weighted by molar-refractivity contribution is -0.140. The van der Waals surface area contributed by atoms with Gasteiger partial charge in [-0.2, -0.15) is 26.3 Å². The average Bonchev–Trinajstić information content (AvgIpc) is 3.91. The molecule has 0 atom stereocenters. The summed E-state index contributed by atoms with van der Waals surface area (Å²) in [7, 11) is -1.89. The van der Waals surface area contributed by atoms with Gasteiger partial charge in [-0.3, -0.25) is 0 Å². The van der Waals surface area contributed by atoms with Crippen molar-refractivity contribution < 1.29 is 44.4 Å². The fourth-order valence-corrected chi connectivity index (χ4v) is 9.20. The number of nitrogens with zero attached hydrogens (tertiary/aromatic N) is 2. The highest BCUT2D eigenvalue weighted by Crippen LogP contribution is 2.47. The molecule has 372 valence electrons. The van der Waals surface area contributed by atoms with Crippen LogP contribution in [0, 0.1) is 18.6 Å². The second kappa shape index (κ2) is 19.2. The Labute approximate surface area is 420 Å². The number of aryl methyl sites for hydroxylation is 1. The van der Waals surface area contributed by atoms with Crippen LogP contribution in [0.15, 0.2) is 180 Å². The Bertz CT molecular complexity index is 3270. The zero-order valence-electron chi connectivity index (χ0n) is 41.2. The van der Waals surface area contributed by atoms with Gasteiger partial charge >= 0.3 is 19.6 Å². The molecule has 13 heteroatoms. The fourth-order valence-electron chi connectivity index (χ4n) is 9.20. The van der Waals surface area contributed by atoms with Crippen molar-refractivity contribution in [2.75, 3.05) is 0 Å². The molecular formula is C60H51BF8N2O2. The predicted molar refractivity (Wildman–Crippen MR) is 273 cm³/mol. The number of rotatable bonds is 10. The molecule has 0 N–H and O–H groups in total. The zero-order chi connectivity index (χ0) is 52.2. The van der Waals surface area contributed by atoms with Gasteiger partial charge in [-0.05, 0) is 94.3 Å². The summed E-state index contributed by atoms with van der Waals surface area (Å²) in [6.45, 7) is 14.5. The van der Waals surface area contributed by atoms with E-state index in [0.29, 0.717) is 70.0 Å². The lowest BCUT2D eigenvalue weighted by Gasteiger charge is -2.25. The molecule has 1 aliphatic heterocycles. The van der Waals surface area contributed by atoms with E-state index >= 15 is 8.78 Å². The number of hydrogen-bond donors (Lipinski definition) is 0. The molecule has 0 amide bonds. The van der Waals surface area contributed by atoms with Crippen LogP contribution in [-0.4, -0.2) is 17.4 Å². The highest BCUT2D eigenvalue weighted by atomic mass is 19.4. The van der Waals surface area contributed by atoms with Crippen LogP contribution in [-0.2, 0) is 23.2 Å². The molecule has 0 unspecified atom stereocenters.